The van der Waals surface area contributed by atoms with Gasteiger partial charge < -0.3 is 9.88 Å². The van der Waals surface area contributed by atoms with Crippen LogP contribution < -0.4 is 5.32 Å². The van der Waals surface area contributed by atoms with Gasteiger partial charge in [-0.2, -0.15) is 0 Å². The summed E-state index contributed by atoms with van der Waals surface area (Å²) in [5.41, 5.74) is 0. The molecule has 4 nitrogen and oxygen atoms in total. The Kier molecular flexibility index (Phi) is 4.16. The number of hydrogen-bond donors (Lipinski definition) is 1. The average Bonchev–Trinajstić information content (AvgIpc) is 2.84. The van der Waals surface area contributed by atoms with Crippen LogP contribution >= 0.6 is 0 Å². The van der Waals surface area contributed by atoms with Crippen molar-refractivity contribution >= 4 is 0 Å². The lowest BCUT2D eigenvalue weighted by Crippen LogP contribution is -2.39. The third-order valence-electron chi connectivity index (χ3n) is 5.13. The Balaban J connectivity index is 1.42. The van der Waals surface area contributed by atoms with E-state index in [0.717, 1.165) is 36.7 Å². The molecular weight excluding hydrogens is 236 g/mol. The normalized spacial score (nSPS) is 31.1. The van der Waals surface area contributed by atoms with Gasteiger partial charge in [0.25, 0.3) is 0 Å². The second kappa shape index (κ2) is 6.04. The van der Waals surface area contributed by atoms with E-state index in [2.05, 4.69) is 15.5 Å². The molecule has 1 aromatic rings. The van der Waals surface area contributed by atoms with Gasteiger partial charge in [0.05, 0.1) is 0 Å². The Morgan fingerprint density at radius 2 is 2.05 bits per heavy atom. The lowest BCUT2D eigenvalue weighted by molar-refractivity contribution is 0.144. The van der Waals surface area contributed by atoms with Crippen molar-refractivity contribution in [3.63, 3.8) is 0 Å². The Morgan fingerprint density at radius 3 is 2.84 bits per heavy atom. The van der Waals surface area contributed by atoms with Gasteiger partial charge in [0.1, 0.15) is 12.2 Å². The van der Waals surface area contributed by atoms with E-state index in [-0.39, 0.29) is 0 Å². The van der Waals surface area contributed by atoms with Crippen LogP contribution in [0.1, 0.15) is 50.8 Å². The molecule has 2 aliphatic rings. The van der Waals surface area contributed by atoms with Crippen LogP contribution in [0.2, 0.25) is 0 Å². The fourth-order valence-electron chi connectivity index (χ4n) is 3.98. The first-order chi connectivity index (χ1) is 9.33. The van der Waals surface area contributed by atoms with E-state index in [1.807, 2.05) is 11.6 Å². The molecule has 0 radical (unpaired) electrons. The summed E-state index contributed by atoms with van der Waals surface area (Å²) in [5.74, 6) is 3.14. The molecule has 19 heavy (non-hydrogen) atoms. The van der Waals surface area contributed by atoms with Crippen molar-refractivity contribution in [1.82, 2.24) is 20.1 Å². The summed E-state index contributed by atoms with van der Waals surface area (Å²) in [6.07, 6.45) is 12.9. The van der Waals surface area contributed by atoms with Gasteiger partial charge in [-0.15, -0.1) is 10.2 Å². The Morgan fingerprint density at radius 1 is 1.21 bits per heavy atom. The molecule has 2 saturated carbocycles. The molecule has 0 spiro atoms. The first kappa shape index (κ1) is 13.1. The van der Waals surface area contributed by atoms with E-state index >= 15 is 0 Å². The fraction of sp³-hybridized carbons (Fsp3) is 0.867. The summed E-state index contributed by atoms with van der Waals surface area (Å²) in [5, 5.41) is 11.8. The lowest BCUT2D eigenvalue weighted by atomic mass is 9.69. The maximum atomic E-state index is 4.14. The van der Waals surface area contributed by atoms with E-state index in [1.165, 1.54) is 44.9 Å². The van der Waals surface area contributed by atoms with Crippen molar-refractivity contribution in [3.8, 4) is 0 Å². The minimum Gasteiger partial charge on any atom is -0.321 e. The maximum absolute atomic E-state index is 4.14. The van der Waals surface area contributed by atoms with Crippen LogP contribution in [-0.4, -0.2) is 27.4 Å². The van der Waals surface area contributed by atoms with Crippen LogP contribution in [-0.2, 0) is 13.5 Å². The lowest BCUT2D eigenvalue weighted by Gasteiger charge is -2.39. The van der Waals surface area contributed by atoms with Gasteiger partial charge in [0.2, 0.25) is 0 Å². The molecule has 0 bridgehead atoms. The van der Waals surface area contributed by atoms with Crippen molar-refractivity contribution in [2.24, 2.45) is 18.9 Å². The minimum atomic E-state index is 0.743. The monoisotopic (exact) mass is 262 g/mol. The smallest absolute Gasteiger partial charge is 0.133 e. The van der Waals surface area contributed by atoms with Gasteiger partial charge >= 0.3 is 0 Å². The Hall–Kier alpha value is -0.900. The molecule has 2 aliphatic carbocycles. The zero-order valence-corrected chi connectivity index (χ0v) is 12.0. The number of nitrogens with one attached hydrogen (secondary N) is 1. The van der Waals surface area contributed by atoms with Crippen LogP contribution in [0.5, 0.6) is 0 Å². The molecule has 1 N–H and O–H groups in total. The summed E-state index contributed by atoms with van der Waals surface area (Å²) in [6, 6.07) is 0.743. The highest BCUT2D eigenvalue weighted by Crippen LogP contribution is 2.40. The number of nitrogens with zero attached hydrogens (tertiary/aromatic N) is 3. The molecule has 3 rings (SSSR count). The van der Waals surface area contributed by atoms with Gasteiger partial charge in [-0.25, -0.2) is 0 Å². The molecule has 3 atom stereocenters. The fourth-order valence-corrected chi connectivity index (χ4v) is 3.98. The van der Waals surface area contributed by atoms with Crippen molar-refractivity contribution in [1.29, 1.82) is 0 Å². The molecule has 4 heteroatoms. The Bertz CT molecular complexity index is 401. The minimum absolute atomic E-state index is 0.743. The van der Waals surface area contributed by atoms with E-state index < -0.39 is 0 Å². The van der Waals surface area contributed by atoms with Crippen molar-refractivity contribution in [3.05, 3.63) is 12.2 Å². The zero-order valence-electron chi connectivity index (χ0n) is 12.0. The first-order valence-electron chi connectivity index (χ1n) is 7.89. The van der Waals surface area contributed by atoms with Crippen LogP contribution in [0, 0.1) is 11.8 Å². The summed E-state index contributed by atoms with van der Waals surface area (Å²) in [7, 11) is 2.02. The number of fused-ring (bicyclic) bond motifs is 1. The van der Waals surface area contributed by atoms with Crippen LogP contribution in [0.25, 0.3) is 0 Å². The molecule has 106 valence electrons. The predicted molar refractivity (Wildman–Crippen MR) is 75.8 cm³/mol. The van der Waals surface area contributed by atoms with E-state index in [4.69, 9.17) is 0 Å². The third kappa shape index (κ3) is 3.16. The van der Waals surface area contributed by atoms with E-state index in [1.54, 1.807) is 6.33 Å². The highest BCUT2D eigenvalue weighted by Gasteiger charge is 2.31. The molecule has 3 unspecified atom stereocenters. The highest BCUT2D eigenvalue weighted by molar-refractivity contribution is 4.88. The largest absolute Gasteiger partial charge is 0.321 e. The Labute approximate surface area is 116 Å². The van der Waals surface area contributed by atoms with Crippen LogP contribution in [0.15, 0.2) is 6.33 Å². The maximum Gasteiger partial charge on any atom is 0.133 e. The SMILES string of the molecule is Cn1cnnc1CCNC1CCC2CCCCC2C1. The first-order valence-corrected chi connectivity index (χ1v) is 7.89. The molecule has 1 aromatic heterocycles. The van der Waals surface area contributed by atoms with Crippen molar-refractivity contribution in [2.45, 2.75) is 57.4 Å². The van der Waals surface area contributed by atoms with Gasteiger partial charge in [0.15, 0.2) is 0 Å². The molecule has 0 amide bonds. The standard InChI is InChI=1S/C15H26N4/c1-19-11-17-18-15(19)8-9-16-14-7-6-12-4-2-3-5-13(12)10-14/h11-14,16H,2-10H2,1H3. The van der Waals surface area contributed by atoms with Gasteiger partial charge in [-0.3, -0.25) is 0 Å². The van der Waals surface area contributed by atoms with Gasteiger partial charge in [0, 0.05) is 26.1 Å². The number of aryl methyl sites for hydroxylation is 1. The second-order valence-corrected chi connectivity index (χ2v) is 6.38. The van der Waals surface area contributed by atoms with E-state index in [0.29, 0.717) is 0 Å². The summed E-state index contributed by atoms with van der Waals surface area (Å²) in [6.45, 7) is 1.04. The highest BCUT2D eigenvalue weighted by atomic mass is 15.2. The molecule has 0 saturated heterocycles. The molecule has 2 fully saturated rings. The summed E-state index contributed by atoms with van der Waals surface area (Å²) < 4.78 is 2.01. The second-order valence-electron chi connectivity index (χ2n) is 6.38. The van der Waals surface area contributed by atoms with Gasteiger partial charge in [-0.1, -0.05) is 25.7 Å². The third-order valence-corrected chi connectivity index (χ3v) is 5.13. The van der Waals surface area contributed by atoms with Crippen LogP contribution in [0.4, 0.5) is 0 Å². The predicted octanol–water partition coefficient (Wildman–Crippen LogP) is 2.31. The van der Waals surface area contributed by atoms with Gasteiger partial charge in [-0.05, 0) is 31.1 Å². The molecular formula is C15H26N4. The van der Waals surface area contributed by atoms with E-state index in [9.17, 15) is 0 Å². The van der Waals surface area contributed by atoms with Crippen molar-refractivity contribution in [2.75, 3.05) is 6.54 Å². The summed E-state index contributed by atoms with van der Waals surface area (Å²) in [4.78, 5) is 0. The average molecular weight is 262 g/mol. The van der Waals surface area contributed by atoms with Crippen LogP contribution in [0.3, 0.4) is 0 Å². The molecule has 0 aromatic carbocycles. The number of rotatable bonds is 4. The quantitative estimate of drug-likeness (QED) is 0.905. The van der Waals surface area contributed by atoms with Crippen molar-refractivity contribution < 1.29 is 0 Å². The zero-order chi connectivity index (χ0) is 13.1. The number of hydrogen-bond acceptors (Lipinski definition) is 3. The summed E-state index contributed by atoms with van der Waals surface area (Å²) >= 11 is 0. The topological polar surface area (TPSA) is 42.7 Å². The molecule has 0 aliphatic heterocycles. The molecule has 1 heterocycles. The number of aromatic nitrogens is 3.